The molecule has 0 fully saturated rings. The Morgan fingerprint density at radius 1 is 1.37 bits per heavy atom. The van der Waals surface area contributed by atoms with Gasteiger partial charge in [-0.15, -0.1) is 0 Å². The molecule has 0 aliphatic carbocycles. The van der Waals surface area contributed by atoms with Gasteiger partial charge >= 0.3 is 5.97 Å². The third kappa shape index (κ3) is 5.94. The van der Waals surface area contributed by atoms with E-state index in [2.05, 4.69) is 0 Å². The minimum Gasteiger partial charge on any atom is -0.482 e. The van der Waals surface area contributed by atoms with Crippen molar-refractivity contribution in [2.24, 2.45) is 5.73 Å². The van der Waals surface area contributed by atoms with E-state index in [0.717, 1.165) is 5.56 Å². The summed E-state index contributed by atoms with van der Waals surface area (Å²) in [5.41, 5.74) is 6.66. The summed E-state index contributed by atoms with van der Waals surface area (Å²) in [6.07, 6.45) is 0.486. The van der Waals surface area contributed by atoms with Gasteiger partial charge in [0.15, 0.2) is 6.61 Å². The third-order valence-corrected chi connectivity index (χ3v) is 2.51. The van der Waals surface area contributed by atoms with E-state index in [4.69, 9.17) is 26.8 Å². The van der Waals surface area contributed by atoms with Gasteiger partial charge in [-0.3, -0.25) is 0 Å². The molecule has 0 saturated heterocycles. The van der Waals surface area contributed by atoms with Gasteiger partial charge in [0.05, 0.1) is 6.10 Å². The highest BCUT2D eigenvalue weighted by molar-refractivity contribution is 6.30. The molecule has 0 amide bonds. The third-order valence-electron chi connectivity index (χ3n) is 2.28. The molecule has 1 aromatic carbocycles. The van der Waals surface area contributed by atoms with Crippen LogP contribution in [0.4, 0.5) is 0 Å². The molecule has 1 atom stereocenters. The zero-order valence-corrected chi connectivity index (χ0v) is 12.2. The highest BCUT2D eigenvalue weighted by Gasteiger charge is 2.11. The predicted octanol–water partition coefficient (Wildman–Crippen LogP) is 2.56. The summed E-state index contributed by atoms with van der Waals surface area (Å²) in [4.78, 5) is 11.4. The van der Waals surface area contributed by atoms with Crippen LogP contribution >= 0.6 is 11.6 Å². The first kappa shape index (κ1) is 15.8. The van der Waals surface area contributed by atoms with Crippen molar-refractivity contribution < 1.29 is 14.3 Å². The van der Waals surface area contributed by atoms with Crippen molar-refractivity contribution in [2.75, 3.05) is 6.61 Å². The van der Waals surface area contributed by atoms with Crippen molar-refractivity contribution in [3.63, 3.8) is 0 Å². The van der Waals surface area contributed by atoms with Crippen molar-refractivity contribution in [1.29, 1.82) is 0 Å². The molecule has 0 bridgehead atoms. The minimum absolute atomic E-state index is 0.0107. The number of ether oxygens (including phenoxy) is 2. The number of benzene rings is 1. The van der Waals surface area contributed by atoms with E-state index in [-0.39, 0.29) is 18.8 Å². The van der Waals surface area contributed by atoms with Gasteiger partial charge in [-0.05, 0) is 51.0 Å². The average Bonchev–Trinajstić information content (AvgIpc) is 2.26. The fourth-order valence-corrected chi connectivity index (χ4v) is 1.82. The number of halogens is 1. The van der Waals surface area contributed by atoms with E-state index in [9.17, 15) is 4.79 Å². The van der Waals surface area contributed by atoms with Crippen LogP contribution in [-0.4, -0.2) is 24.7 Å². The highest BCUT2D eigenvalue weighted by atomic mass is 35.5. The first-order valence-corrected chi connectivity index (χ1v) is 6.62. The lowest BCUT2D eigenvalue weighted by atomic mass is 10.1. The lowest BCUT2D eigenvalue weighted by Crippen LogP contribution is -2.21. The van der Waals surface area contributed by atoms with Crippen LogP contribution in [0.1, 0.15) is 26.3 Å². The second-order valence-electron chi connectivity index (χ2n) is 4.76. The maximum atomic E-state index is 11.4. The molecule has 0 saturated carbocycles. The molecule has 1 rings (SSSR count). The first-order valence-electron chi connectivity index (χ1n) is 6.24. The van der Waals surface area contributed by atoms with E-state index >= 15 is 0 Å². The number of carbonyl (C=O) groups is 1. The zero-order chi connectivity index (χ0) is 14.4. The fourth-order valence-electron chi connectivity index (χ4n) is 1.63. The molecule has 0 aliphatic heterocycles. The predicted molar refractivity (Wildman–Crippen MR) is 75.5 cm³/mol. The highest BCUT2D eigenvalue weighted by Crippen LogP contribution is 2.24. The van der Waals surface area contributed by atoms with Crippen LogP contribution in [0, 0.1) is 0 Å². The molecule has 2 N–H and O–H groups in total. The van der Waals surface area contributed by atoms with Gasteiger partial charge in [0.1, 0.15) is 5.75 Å². The Morgan fingerprint density at radius 2 is 2.05 bits per heavy atom. The van der Waals surface area contributed by atoms with Crippen LogP contribution in [0.3, 0.4) is 0 Å². The van der Waals surface area contributed by atoms with E-state index in [1.165, 1.54) is 0 Å². The Bertz CT molecular complexity index is 433. The van der Waals surface area contributed by atoms with E-state index < -0.39 is 5.97 Å². The molecule has 0 aromatic heterocycles. The molecule has 0 spiro atoms. The molecule has 0 heterocycles. The van der Waals surface area contributed by atoms with Crippen LogP contribution in [0.25, 0.3) is 0 Å². The molecule has 5 heteroatoms. The Balaban J connectivity index is 2.69. The summed E-state index contributed by atoms with van der Waals surface area (Å²) in [5.74, 6) is 0.221. The van der Waals surface area contributed by atoms with Crippen LogP contribution in [0.15, 0.2) is 18.2 Å². The Hall–Kier alpha value is -1.26. The van der Waals surface area contributed by atoms with Crippen LogP contribution < -0.4 is 10.5 Å². The minimum atomic E-state index is -0.392. The van der Waals surface area contributed by atoms with Gasteiger partial charge < -0.3 is 15.2 Å². The monoisotopic (exact) mass is 285 g/mol. The summed E-state index contributed by atoms with van der Waals surface area (Å²) >= 11 is 5.94. The second kappa shape index (κ2) is 7.36. The van der Waals surface area contributed by atoms with E-state index in [0.29, 0.717) is 17.2 Å². The Kier molecular flexibility index (Phi) is 6.12. The molecular weight excluding hydrogens is 266 g/mol. The molecule has 1 aromatic rings. The molecule has 0 aliphatic rings. The van der Waals surface area contributed by atoms with Gasteiger partial charge in [-0.2, -0.15) is 0 Å². The summed E-state index contributed by atoms with van der Waals surface area (Å²) in [6.45, 7) is 5.37. The van der Waals surface area contributed by atoms with Gasteiger partial charge in [-0.1, -0.05) is 11.6 Å². The lowest BCUT2D eigenvalue weighted by molar-refractivity contribution is -0.149. The number of carbonyl (C=O) groups excluding carboxylic acids is 1. The normalized spacial score (nSPS) is 12.3. The van der Waals surface area contributed by atoms with Crippen LogP contribution in [0.5, 0.6) is 5.75 Å². The number of hydrogen-bond donors (Lipinski definition) is 1. The molecule has 19 heavy (non-hydrogen) atoms. The molecular formula is C14H20ClNO3. The maximum absolute atomic E-state index is 11.4. The fraction of sp³-hybridized carbons (Fsp3) is 0.500. The topological polar surface area (TPSA) is 61.5 Å². The second-order valence-corrected chi connectivity index (χ2v) is 5.20. The maximum Gasteiger partial charge on any atom is 0.344 e. The summed E-state index contributed by atoms with van der Waals surface area (Å²) in [6, 6.07) is 5.25. The lowest BCUT2D eigenvalue weighted by Gasteiger charge is -2.14. The molecule has 4 nitrogen and oxygen atoms in total. The van der Waals surface area contributed by atoms with E-state index in [1.807, 2.05) is 6.92 Å². The first-order chi connectivity index (χ1) is 8.88. The van der Waals surface area contributed by atoms with Crippen molar-refractivity contribution in [3.8, 4) is 5.75 Å². The SMILES string of the molecule is CC(N)Cc1cc(Cl)ccc1OCC(=O)OC(C)C. The standard InChI is InChI=1S/C14H20ClNO3/c1-9(2)19-14(17)8-18-13-5-4-12(15)7-11(13)6-10(3)16/h4-5,7,9-10H,6,8,16H2,1-3H3. The van der Waals surface area contributed by atoms with E-state index in [1.54, 1.807) is 32.0 Å². The van der Waals surface area contributed by atoms with Crippen molar-refractivity contribution in [3.05, 3.63) is 28.8 Å². The smallest absolute Gasteiger partial charge is 0.344 e. The molecule has 106 valence electrons. The summed E-state index contributed by atoms with van der Waals surface area (Å²) < 4.78 is 10.5. The molecule has 1 unspecified atom stereocenters. The van der Waals surface area contributed by atoms with Crippen molar-refractivity contribution in [2.45, 2.75) is 39.3 Å². The van der Waals surface area contributed by atoms with Crippen LogP contribution in [-0.2, 0) is 16.0 Å². The summed E-state index contributed by atoms with van der Waals surface area (Å²) in [7, 11) is 0. The quantitative estimate of drug-likeness (QED) is 0.816. The van der Waals surface area contributed by atoms with Gasteiger partial charge in [-0.25, -0.2) is 4.79 Å². The largest absolute Gasteiger partial charge is 0.482 e. The average molecular weight is 286 g/mol. The van der Waals surface area contributed by atoms with Crippen molar-refractivity contribution >= 4 is 17.6 Å². The van der Waals surface area contributed by atoms with Crippen molar-refractivity contribution in [1.82, 2.24) is 0 Å². The number of nitrogens with two attached hydrogens (primary N) is 1. The Labute approximate surface area is 118 Å². The van der Waals surface area contributed by atoms with Crippen LogP contribution in [0.2, 0.25) is 5.02 Å². The molecule has 0 radical (unpaired) electrons. The van der Waals surface area contributed by atoms with Gasteiger partial charge in [0.2, 0.25) is 0 Å². The number of hydrogen-bond acceptors (Lipinski definition) is 4. The Morgan fingerprint density at radius 3 is 2.63 bits per heavy atom. The zero-order valence-electron chi connectivity index (χ0n) is 11.5. The number of rotatable bonds is 6. The van der Waals surface area contributed by atoms with Gasteiger partial charge in [0.25, 0.3) is 0 Å². The number of esters is 1. The summed E-state index contributed by atoms with van der Waals surface area (Å²) in [5, 5.41) is 0.618. The van der Waals surface area contributed by atoms with Gasteiger partial charge in [0, 0.05) is 11.1 Å².